The molecule has 3 rings (SSSR count). The standard InChI is InChI=1S/C21H22N2O/c1-23(20(24)21(16-22)13-5-6-14-21)15-17-9-11-19(12-10-17)18-7-3-2-4-8-18/h2-4,7-12H,5-6,13-15H2,1H3. The van der Waals surface area contributed by atoms with Crippen molar-refractivity contribution < 1.29 is 4.79 Å². The Morgan fingerprint density at radius 1 is 1.04 bits per heavy atom. The first kappa shape index (κ1) is 16.3. The smallest absolute Gasteiger partial charge is 0.243 e. The summed E-state index contributed by atoms with van der Waals surface area (Å²) in [5.41, 5.74) is 2.63. The highest BCUT2D eigenvalue weighted by atomic mass is 16.2. The minimum Gasteiger partial charge on any atom is -0.340 e. The largest absolute Gasteiger partial charge is 0.340 e. The molecule has 0 aliphatic heterocycles. The molecule has 0 heterocycles. The summed E-state index contributed by atoms with van der Waals surface area (Å²) in [5.74, 6) is -0.0327. The molecule has 0 N–H and O–H groups in total. The number of nitrogens with zero attached hydrogens (tertiary/aromatic N) is 2. The number of carbonyl (C=O) groups is 1. The van der Waals surface area contributed by atoms with Crippen LogP contribution in [0.5, 0.6) is 0 Å². The van der Waals surface area contributed by atoms with Crippen LogP contribution in [0.3, 0.4) is 0 Å². The number of hydrogen-bond donors (Lipinski definition) is 0. The second kappa shape index (κ2) is 6.88. The monoisotopic (exact) mass is 318 g/mol. The summed E-state index contributed by atoms with van der Waals surface area (Å²) in [6.45, 7) is 0.539. The van der Waals surface area contributed by atoms with Crippen molar-refractivity contribution in [1.82, 2.24) is 4.90 Å². The van der Waals surface area contributed by atoms with Gasteiger partial charge in [0.2, 0.25) is 5.91 Å². The molecule has 0 unspecified atom stereocenters. The summed E-state index contributed by atoms with van der Waals surface area (Å²) < 4.78 is 0. The Labute approximate surface area is 143 Å². The Hall–Kier alpha value is -2.60. The maximum Gasteiger partial charge on any atom is 0.243 e. The van der Waals surface area contributed by atoms with Crippen molar-refractivity contribution in [2.45, 2.75) is 32.2 Å². The van der Waals surface area contributed by atoms with Gasteiger partial charge in [0.15, 0.2) is 0 Å². The van der Waals surface area contributed by atoms with Gasteiger partial charge >= 0.3 is 0 Å². The molecule has 2 aromatic carbocycles. The Bertz CT molecular complexity index is 738. The van der Waals surface area contributed by atoms with Gasteiger partial charge in [-0.3, -0.25) is 4.79 Å². The van der Waals surface area contributed by atoms with Gasteiger partial charge in [0.1, 0.15) is 5.41 Å². The first-order valence-corrected chi connectivity index (χ1v) is 8.46. The molecule has 2 aromatic rings. The molecular formula is C21H22N2O. The van der Waals surface area contributed by atoms with Crippen LogP contribution in [-0.4, -0.2) is 17.9 Å². The molecule has 0 bridgehead atoms. The molecule has 1 aliphatic carbocycles. The van der Waals surface area contributed by atoms with E-state index < -0.39 is 5.41 Å². The average Bonchev–Trinajstić information content (AvgIpc) is 3.12. The van der Waals surface area contributed by atoms with Crippen molar-refractivity contribution >= 4 is 5.91 Å². The Balaban J connectivity index is 1.70. The van der Waals surface area contributed by atoms with Gasteiger partial charge in [0, 0.05) is 13.6 Å². The predicted molar refractivity (Wildman–Crippen MR) is 94.9 cm³/mol. The Kier molecular flexibility index (Phi) is 4.66. The van der Waals surface area contributed by atoms with Gasteiger partial charge in [-0.15, -0.1) is 0 Å². The second-order valence-electron chi connectivity index (χ2n) is 6.63. The second-order valence-corrected chi connectivity index (χ2v) is 6.63. The zero-order valence-corrected chi connectivity index (χ0v) is 14.0. The van der Waals surface area contributed by atoms with Crippen LogP contribution in [0.25, 0.3) is 11.1 Å². The molecule has 24 heavy (non-hydrogen) atoms. The highest BCUT2D eigenvalue weighted by Crippen LogP contribution is 2.39. The molecule has 0 aromatic heterocycles. The van der Waals surface area contributed by atoms with Gasteiger partial charge in [-0.1, -0.05) is 67.4 Å². The topological polar surface area (TPSA) is 44.1 Å². The molecule has 122 valence electrons. The maximum absolute atomic E-state index is 12.7. The molecule has 1 fully saturated rings. The number of carbonyl (C=O) groups excluding carboxylic acids is 1. The molecule has 1 saturated carbocycles. The summed E-state index contributed by atoms with van der Waals surface area (Å²) in [4.78, 5) is 14.4. The number of hydrogen-bond acceptors (Lipinski definition) is 2. The van der Waals surface area contributed by atoms with Crippen LogP contribution >= 0.6 is 0 Å². The van der Waals surface area contributed by atoms with E-state index in [1.165, 1.54) is 5.56 Å². The van der Waals surface area contributed by atoms with E-state index in [-0.39, 0.29) is 5.91 Å². The van der Waals surface area contributed by atoms with Gasteiger partial charge in [-0.25, -0.2) is 0 Å². The summed E-state index contributed by atoms with van der Waals surface area (Å²) in [6.07, 6.45) is 3.33. The maximum atomic E-state index is 12.7. The van der Waals surface area contributed by atoms with Crippen LogP contribution in [0.1, 0.15) is 31.2 Å². The fourth-order valence-electron chi connectivity index (χ4n) is 3.50. The Morgan fingerprint density at radius 3 is 2.21 bits per heavy atom. The van der Waals surface area contributed by atoms with Gasteiger partial charge in [-0.05, 0) is 29.5 Å². The first-order chi connectivity index (χ1) is 11.6. The molecule has 1 aliphatic rings. The van der Waals surface area contributed by atoms with Crippen molar-refractivity contribution in [3.63, 3.8) is 0 Å². The summed E-state index contributed by atoms with van der Waals surface area (Å²) in [5, 5.41) is 9.47. The van der Waals surface area contributed by atoms with Crippen LogP contribution in [0.4, 0.5) is 0 Å². The first-order valence-electron chi connectivity index (χ1n) is 8.46. The molecule has 3 heteroatoms. The van der Waals surface area contributed by atoms with Crippen molar-refractivity contribution in [1.29, 1.82) is 5.26 Å². The van der Waals surface area contributed by atoms with Crippen molar-refractivity contribution in [2.75, 3.05) is 7.05 Å². The lowest BCUT2D eigenvalue weighted by molar-refractivity contribution is -0.138. The molecule has 0 saturated heterocycles. The minimum atomic E-state index is -0.793. The van der Waals surface area contributed by atoms with Gasteiger partial charge in [-0.2, -0.15) is 5.26 Å². The van der Waals surface area contributed by atoms with E-state index in [2.05, 4.69) is 42.5 Å². The average molecular weight is 318 g/mol. The van der Waals surface area contributed by atoms with E-state index in [1.807, 2.05) is 18.2 Å². The summed E-state index contributed by atoms with van der Waals surface area (Å²) in [6, 6.07) is 20.8. The van der Waals surface area contributed by atoms with Crippen LogP contribution < -0.4 is 0 Å². The zero-order valence-electron chi connectivity index (χ0n) is 14.0. The highest BCUT2D eigenvalue weighted by molar-refractivity contribution is 5.85. The summed E-state index contributed by atoms with van der Waals surface area (Å²) in [7, 11) is 1.80. The van der Waals surface area contributed by atoms with Crippen LogP contribution in [0, 0.1) is 16.7 Å². The van der Waals surface area contributed by atoms with Crippen LogP contribution in [0.15, 0.2) is 54.6 Å². The molecule has 3 nitrogen and oxygen atoms in total. The number of nitriles is 1. The van der Waals surface area contributed by atoms with E-state index in [4.69, 9.17) is 0 Å². The molecule has 0 atom stereocenters. The minimum absolute atomic E-state index is 0.0327. The lowest BCUT2D eigenvalue weighted by Gasteiger charge is -2.26. The highest BCUT2D eigenvalue weighted by Gasteiger charge is 2.43. The Morgan fingerprint density at radius 2 is 1.62 bits per heavy atom. The third-order valence-electron chi connectivity index (χ3n) is 4.91. The van der Waals surface area contributed by atoms with Gasteiger partial charge in [0.05, 0.1) is 6.07 Å². The zero-order chi connectivity index (χ0) is 17.0. The van der Waals surface area contributed by atoms with E-state index in [1.54, 1.807) is 11.9 Å². The number of rotatable bonds is 4. The van der Waals surface area contributed by atoms with E-state index in [0.29, 0.717) is 19.4 Å². The third kappa shape index (κ3) is 3.19. The fourth-order valence-corrected chi connectivity index (χ4v) is 3.50. The van der Waals surface area contributed by atoms with E-state index in [0.717, 1.165) is 24.0 Å². The fraction of sp³-hybridized carbons (Fsp3) is 0.333. The lowest BCUT2D eigenvalue weighted by atomic mass is 9.86. The molecule has 0 radical (unpaired) electrons. The number of benzene rings is 2. The van der Waals surface area contributed by atoms with Crippen LogP contribution in [-0.2, 0) is 11.3 Å². The van der Waals surface area contributed by atoms with Crippen LogP contribution in [0.2, 0.25) is 0 Å². The predicted octanol–water partition coefficient (Wildman–Crippen LogP) is 4.40. The molecule has 0 spiro atoms. The van der Waals surface area contributed by atoms with E-state index >= 15 is 0 Å². The quantitative estimate of drug-likeness (QED) is 0.839. The normalized spacial score (nSPS) is 15.7. The molecule has 1 amide bonds. The van der Waals surface area contributed by atoms with Crippen molar-refractivity contribution in [3.8, 4) is 17.2 Å². The van der Waals surface area contributed by atoms with Crippen molar-refractivity contribution in [3.05, 3.63) is 60.2 Å². The van der Waals surface area contributed by atoms with Gasteiger partial charge in [0.25, 0.3) is 0 Å². The lowest BCUT2D eigenvalue weighted by Crippen LogP contribution is -2.39. The van der Waals surface area contributed by atoms with E-state index in [9.17, 15) is 10.1 Å². The van der Waals surface area contributed by atoms with Gasteiger partial charge < -0.3 is 4.90 Å². The van der Waals surface area contributed by atoms with Crippen molar-refractivity contribution in [2.24, 2.45) is 5.41 Å². The summed E-state index contributed by atoms with van der Waals surface area (Å²) >= 11 is 0. The number of amides is 1. The SMILES string of the molecule is CN(Cc1ccc(-c2ccccc2)cc1)C(=O)C1(C#N)CCCC1. The third-order valence-corrected chi connectivity index (χ3v) is 4.91. The molecular weight excluding hydrogens is 296 g/mol.